The second-order valence-corrected chi connectivity index (χ2v) is 3.59. The Kier molecular flexibility index (Phi) is 4.46. The van der Waals surface area contributed by atoms with E-state index in [1.54, 1.807) is 37.5 Å². The normalized spacial score (nSPS) is 10.5. The van der Waals surface area contributed by atoms with E-state index in [4.69, 9.17) is 10.5 Å². The molecule has 0 saturated carbocycles. The fourth-order valence-corrected chi connectivity index (χ4v) is 1.39. The summed E-state index contributed by atoms with van der Waals surface area (Å²) >= 11 is 0. The fourth-order valence-electron chi connectivity index (χ4n) is 1.39. The molecule has 0 saturated heterocycles. The Labute approximate surface area is 100 Å². The van der Waals surface area contributed by atoms with Gasteiger partial charge in [-0.25, -0.2) is 0 Å². The highest BCUT2D eigenvalue weighted by atomic mass is 16.5. The van der Waals surface area contributed by atoms with Crippen LogP contribution in [0.25, 0.3) is 6.08 Å². The summed E-state index contributed by atoms with van der Waals surface area (Å²) in [6, 6.07) is 5.14. The molecule has 0 fully saturated rings. The third-order valence-electron chi connectivity index (χ3n) is 2.25. The van der Waals surface area contributed by atoms with Crippen LogP contribution in [-0.2, 0) is 4.79 Å². The maximum Gasteiger partial charge on any atom is 0.221 e. The molecule has 4 nitrogen and oxygen atoms in total. The van der Waals surface area contributed by atoms with Gasteiger partial charge in [0.25, 0.3) is 0 Å². The number of carbonyl (C=O) groups is 2. The summed E-state index contributed by atoms with van der Waals surface area (Å²) < 4.78 is 5.16. The Balaban J connectivity index is 3.01. The van der Waals surface area contributed by atoms with E-state index in [9.17, 15) is 9.59 Å². The van der Waals surface area contributed by atoms with E-state index in [1.165, 1.54) is 6.92 Å². The van der Waals surface area contributed by atoms with Crippen LogP contribution in [0.5, 0.6) is 5.75 Å². The Bertz CT molecular complexity index is 464. The van der Waals surface area contributed by atoms with Crippen LogP contribution in [0.2, 0.25) is 0 Å². The average molecular weight is 233 g/mol. The Morgan fingerprint density at radius 3 is 2.65 bits per heavy atom. The Morgan fingerprint density at radius 1 is 1.41 bits per heavy atom. The van der Waals surface area contributed by atoms with Crippen LogP contribution in [0, 0.1) is 0 Å². The summed E-state index contributed by atoms with van der Waals surface area (Å²) in [5.41, 5.74) is 6.38. The number of rotatable bonds is 5. The number of amides is 1. The van der Waals surface area contributed by atoms with Crippen LogP contribution in [0.1, 0.15) is 29.3 Å². The van der Waals surface area contributed by atoms with Gasteiger partial charge < -0.3 is 10.5 Å². The van der Waals surface area contributed by atoms with Crippen molar-refractivity contribution in [3.05, 3.63) is 35.4 Å². The lowest BCUT2D eigenvalue weighted by atomic mass is 10.1. The highest BCUT2D eigenvalue weighted by Gasteiger charge is 2.04. The zero-order valence-electron chi connectivity index (χ0n) is 9.90. The maximum atomic E-state index is 11.2. The molecule has 0 bridgehead atoms. The third kappa shape index (κ3) is 3.75. The first kappa shape index (κ1) is 13.0. The van der Waals surface area contributed by atoms with Crippen LogP contribution in [0.4, 0.5) is 0 Å². The van der Waals surface area contributed by atoms with E-state index >= 15 is 0 Å². The third-order valence-corrected chi connectivity index (χ3v) is 2.25. The molecule has 4 heteroatoms. The molecule has 1 rings (SSSR count). The van der Waals surface area contributed by atoms with Crippen LogP contribution < -0.4 is 10.5 Å². The van der Waals surface area contributed by atoms with E-state index < -0.39 is 5.91 Å². The first-order valence-corrected chi connectivity index (χ1v) is 5.18. The van der Waals surface area contributed by atoms with E-state index in [2.05, 4.69) is 0 Å². The monoisotopic (exact) mass is 233 g/mol. The molecule has 0 spiro atoms. The fraction of sp³-hybridized carbons (Fsp3) is 0.231. The van der Waals surface area contributed by atoms with Crippen LogP contribution in [0.15, 0.2) is 24.3 Å². The number of ether oxygens (including phenoxy) is 1. The van der Waals surface area contributed by atoms with Crippen LogP contribution in [-0.4, -0.2) is 18.8 Å². The van der Waals surface area contributed by atoms with Gasteiger partial charge in [0, 0.05) is 17.5 Å². The number of nitrogens with two attached hydrogens (primary N) is 1. The van der Waals surface area contributed by atoms with Crippen molar-refractivity contribution in [2.45, 2.75) is 13.3 Å². The highest BCUT2D eigenvalue weighted by Crippen LogP contribution is 2.21. The van der Waals surface area contributed by atoms with Gasteiger partial charge in [-0.3, -0.25) is 9.59 Å². The number of carbonyl (C=O) groups excluding carboxylic acids is 2. The molecule has 0 heterocycles. The molecule has 90 valence electrons. The molecule has 1 aromatic rings. The molecule has 0 atom stereocenters. The van der Waals surface area contributed by atoms with Gasteiger partial charge in [-0.2, -0.15) is 0 Å². The second-order valence-electron chi connectivity index (χ2n) is 3.59. The van der Waals surface area contributed by atoms with Gasteiger partial charge in [-0.1, -0.05) is 12.2 Å². The summed E-state index contributed by atoms with van der Waals surface area (Å²) in [5, 5.41) is 0. The molecule has 17 heavy (non-hydrogen) atoms. The average Bonchev–Trinajstić information content (AvgIpc) is 2.28. The van der Waals surface area contributed by atoms with Crippen LogP contribution in [0.3, 0.4) is 0 Å². The maximum absolute atomic E-state index is 11.2. The predicted octanol–water partition coefficient (Wildman–Crippen LogP) is 1.79. The topological polar surface area (TPSA) is 69.4 Å². The number of benzene rings is 1. The van der Waals surface area contributed by atoms with Gasteiger partial charge in [-0.05, 0) is 25.1 Å². The number of hydrogen-bond acceptors (Lipinski definition) is 3. The molecule has 0 aliphatic carbocycles. The minimum absolute atomic E-state index is 0.0165. The molecule has 0 aliphatic heterocycles. The quantitative estimate of drug-likeness (QED) is 0.788. The van der Waals surface area contributed by atoms with E-state index in [-0.39, 0.29) is 12.2 Å². The molecular weight excluding hydrogens is 218 g/mol. The van der Waals surface area contributed by atoms with Gasteiger partial charge in [0.2, 0.25) is 5.91 Å². The van der Waals surface area contributed by atoms with Crippen molar-refractivity contribution in [2.75, 3.05) is 7.11 Å². The lowest BCUT2D eigenvalue weighted by Crippen LogP contribution is -2.07. The molecule has 0 aliphatic rings. The van der Waals surface area contributed by atoms with E-state index in [1.807, 2.05) is 0 Å². The lowest BCUT2D eigenvalue weighted by molar-refractivity contribution is -0.117. The van der Waals surface area contributed by atoms with Crippen molar-refractivity contribution in [3.8, 4) is 5.75 Å². The number of ketones is 1. The van der Waals surface area contributed by atoms with Crippen molar-refractivity contribution in [1.82, 2.24) is 0 Å². The van der Waals surface area contributed by atoms with Crippen molar-refractivity contribution < 1.29 is 14.3 Å². The molecule has 0 unspecified atom stereocenters. The summed E-state index contributed by atoms with van der Waals surface area (Å²) in [7, 11) is 1.55. The van der Waals surface area contributed by atoms with Crippen molar-refractivity contribution in [3.63, 3.8) is 0 Å². The molecule has 0 aromatic heterocycles. The highest BCUT2D eigenvalue weighted by molar-refractivity contribution is 5.95. The molecule has 1 aromatic carbocycles. The van der Waals surface area contributed by atoms with Crippen molar-refractivity contribution >= 4 is 17.8 Å². The molecule has 1 amide bonds. The van der Waals surface area contributed by atoms with E-state index in [0.29, 0.717) is 11.3 Å². The number of hydrogen-bond donors (Lipinski definition) is 1. The molecule has 2 N–H and O–H groups in total. The number of Topliss-reactive ketones (excluding diaryl/α,β-unsaturated/α-hetero) is 1. The van der Waals surface area contributed by atoms with Crippen molar-refractivity contribution in [2.24, 2.45) is 5.73 Å². The Morgan fingerprint density at radius 2 is 2.12 bits per heavy atom. The summed E-state index contributed by atoms with van der Waals surface area (Å²) in [5.74, 6) is 0.232. The molecular formula is C13H15NO3. The zero-order valence-corrected chi connectivity index (χ0v) is 9.90. The smallest absolute Gasteiger partial charge is 0.221 e. The number of primary amides is 1. The lowest BCUT2D eigenvalue weighted by Gasteiger charge is -2.06. The van der Waals surface area contributed by atoms with Crippen LogP contribution >= 0.6 is 0 Å². The summed E-state index contributed by atoms with van der Waals surface area (Å²) in [6.07, 6.45) is 3.52. The molecule has 0 radical (unpaired) electrons. The van der Waals surface area contributed by atoms with Gasteiger partial charge in [-0.15, -0.1) is 0 Å². The van der Waals surface area contributed by atoms with Gasteiger partial charge in [0.1, 0.15) is 5.75 Å². The van der Waals surface area contributed by atoms with Gasteiger partial charge in [0.15, 0.2) is 5.78 Å². The summed E-state index contributed by atoms with van der Waals surface area (Å²) in [6.45, 7) is 1.50. The minimum Gasteiger partial charge on any atom is -0.496 e. The van der Waals surface area contributed by atoms with Gasteiger partial charge >= 0.3 is 0 Å². The largest absolute Gasteiger partial charge is 0.496 e. The van der Waals surface area contributed by atoms with Gasteiger partial charge in [0.05, 0.1) is 7.11 Å². The standard InChI is InChI=1S/C13H15NO3/c1-9(15)10-6-7-12(17-2)11(8-10)4-3-5-13(14)16/h3-4,6-8H,5H2,1-2H3,(H2,14,16). The SMILES string of the molecule is COc1ccc(C(C)=O)cc1C=CCC(N)=O. The van der Waals surface area contributed by atoms with Crippen molar-refractivity contribution in [1.29, 1.82) is 0 Å². The Hall–Kier alpha value is -2.10. The minimum atomic E-state index is -0.400. The predicted molar refractivity (Wildman–Crippen MR) is 65.8 cm³/mol. The first-order valence-electron chi connectivity index (χ1n) is 5.18. The summed E-state index contributed by atoms with van der Waals surface area (Å²) in [4.78, 5) is 21.8. The zero-order chi connectivity index (χ0) is 12.8. The number of methoxy groups -OCH3 is 1. The second kappa shape index (κ2) is 5.84. The first-order chi connectivity index (χ1) is 8.04. The van der Waals surface area contributed by atoms with E-state index in [0.717, 1.165) is 5.56 Å².